The maximum absolute atomic E-state index is 12.4. The molecule has 1 amide bonds. The van der Waals surface area contributed by atoms with Gasteiger partial charge in [0.2, 0.25) is 0 Å². The molecular formula is C11H14BrNO3S3. The SMILES string of the molecule is CCS(=O)(=O)C1CSCCN1C(=O)c1ccc(Br)s1. The van der Waals surface area contributed by atoms with E-state index in [1.807, 2.05) is 0 Å². The van der Waals surface area contributed by atoms with E-state index in [0.29, 0.717) is 17.2 Å². The molecule has 19 heavy (non-hydrogen) atoms. The van der Waals surface area contributed by atoms with Crippen LogP contribution in [0.4, 0.5) is 0 Å². The summed E-state index contributed by atoms with van der Waals surface area (Å²) in [5.41, 5.74) is 0. The molecule has 1 fully saturated rings. The first-order valence-corrected chi connectivity index (χ1v) is 10.3. The van der Waals surface area contributed by atoms with E-state index in [2.05, 4.69) is 15.9 Å². The fraction of sp³-hybridized carbons (Fsp3) is 0.545. The van der Waals surface area contributed by atoms with Crippen molar-refractivity contribution in [2.45, 2.75) is 12.3 Å². The summed E-state index contributed by atoms with van der Waals surface area (Å²) in [6, 6.07) is 3.54. The molecule has 1 aromatic heterocycles. The van der Waals surface area contributed by atoms with Crippen LogP contribution in [0.1, 0.15) is 16.6 Å². The molecule has 1 aromatic rings. The minimum absolute atomic E-state index is 0.0656. The Hall–Kier alpha value is -0.0500. The number of hydrogen-bond donors (Lipinski definition) is 0. The van der Waals surface area contributed by atoms with E-state index in [1.165, 1.54) is 16.2 Å². The Morgan fingerprint density at radius 2 is 2.26 bits per heavy atom. The van der Waals surface area contributed by atoms with Crippen molar-refractivity contribution >= 4 is 54.8 Å². The van der Waals surface area contributed by atoms with Gasteiger partial charge in [0.1, 0.15) is 5.37 Å². The molecule has 0 saturated carbocycles. The monoisotopic (exact) mass is 383 g/mol. The van der Waals surface area contributed by atoms with Gasteiger partial charge in [-0.3, -0.25) is 4.79 Å². The van der Waals surface area contributed by atoms with Crippen molar-refractivity contribution in [1.29, 1.82) is 0 Å². The second-order valence-electron chi connectivity index (χ2n) is 4.08. The van der Waals surface area contributed by atoms with Gasteiger partial charge >= 0.3 is 0 Å². The topological polar surface area (TPSA) is 54.5 Å². The normalized spacial score (nSPS) is 20.5. The highest BCUT2D eigenvalue weighted by atomic mass is 79.9. The molecule has 1 aliphatic heterocycles. The van der Waals surface area contributed by atoms with Crippen molar-refractivity contribution in [1.82, 2.24) is 4.90 Å². The smallest absolute Gasteiger partial charge is 0.265 e. The highest BCUT2D eigenvalue weighted by Gasteiger charge is 2.36. The largest absolute Gasteiger partial charge is 0.319 e. The van der Waals surface area contributed by atoms with Gasteiger partial charge in [-0.05, 0) is 28.1 Å². The Balaban J connectivity index is 2.27. The van der Waals surface area contributed by atoms with Gasteiger partial charge in [-0.1, -0.05) is 6.92 Å². The fourth-order valence-corrected chi connectivity index (χ4v) is 6.18. The van der Waals surface area contributed by atoms with Gasteiger partial charge in [0, 0.05) is 23.8 Å². The lowest BCUT2D eigenvalue weighted by molar-refractivity contribution is 0.0754. The Morgan fingerprint density at radius 1 is 1.53 bits per heavy atom. The number of nitrogens with zero attached hydrogens (tertiary/aromatic N) is 1. The van der Waals surface area contributed by atoms with Crippen molar-refractivity contribution in [3.8, 4) is 0 Å². The molecule has 0 aromatic carbocycles. The van der Waals surface area contributed by atoms with Gasteiger partial charge < -0.3 is 4.90 Å². The van der Waals surface area contributed by atoms with Crippen molar-refractivity contribution in [2.24, 2.45) is 0 Å². The van der Waals surface area contributed by atoms with Gasteiger partial charge in [-0.2, -0.15) is 11.8 Å². The molecule has 0 N–H and O–H groups in total. The molecular weight excluding hydrogens is 370 g/mol. The zero-order chi connectivity index (χ0) is 14.0. The molecule has 1 aliphatic rings. The van der Waals surface area contributed by atoms with Crippen LogP contribution in [0, 0.1) is 0 Å². The van der Waals surface area contributed by atoms with Crippen molar-refractivity contribution in [3.63, 3.8) is 0 Å². The van der Waals surface area contributed by atoms with Crippen molar-refractivity contribution in [3.05, 3.63) is 20.8 Å². The van der Waals surface area contributed by atoms with Crippen LogP contribution < -0.4 is 0 Å². The Kier molecular flexibility index (Phi) is 4.97. The molecule has 106 valence electrons. The Bertz CT molecular complexity index is 569. The zero-order valence-electron chi connectivity index (χ0n) is 10.3. The van der Waals surface area contributed by atoms with Gasteiger partial charge in [-0.15, -0.1) is 11.3 Å². The van der Waals surface area contributed by atoms with E-state index in [1.54, 1.807) is 30.8 Å². The summed E-state index contributed by atoms with van der Waals surface area (Å²) in [5.74, 6) is 1.14. The maximum atomic E-state index is 12.4. The van der Waals surface area contributed by atoms with E-state index in [0.717, 1.165) is 9.54 Å². The minimum atomic E-state index is -3.24. The van der Waals surface area contributed by atoms with Gasteiger partial charge in [-0.25, -0.2) is 8.42 Å². The Labute approximate surface area is 129 Å². The molecule has 1 atom stereocenters. The number of thioether (sulfide) groups is 1. The number of hydrogen-bond acceptors (Lipinski definition) is 5. The number of thiophene rings is 1. The quantitative estimate of drug-likeness (QED) is 0.804. The lowest BCUT2D eigenvalue weighted by atomic mass is 10.4. The summed E-state index contributed by atoms with van der Waals surface area (Å²) in [6.07, 6.45) is 0. The average Bonchev–Trinajstić information content (AvgIpc) is 2.84. The number of sulfone groups is 1. The maximum Gasteiger partial charge on any atom is 0.265 e. The predicted molar refractivity (Wildman–Crippen MR) is 83.6 cm³/mol. The molecule has 0 radical (unpaired) electrons. The van der Waals surface area contributed by atoms with Crippen LogP contribution in [0.2, 0.25) is 0 Å². The first-order valence-electron chi connectivity index (χ1n) is 5.81. The van der Waals surface area contributed by atoms with Gasteiger partial charge in [0.15, 0.2) is 9.84 Å². The second-order valence-corrected chi connectivity index (χ2v) is 10.1. The molecule has 2 heterocycles. The van der Waals surface area contributed by atoms with E-state index < -0.39 is 15.2 Å². The van der Waals surface area contributed by atoms with Crippen molar-refractivity contribution < 1.29 is 13.2 Å². The third kappa shape index (κ3) is 3.34. The second kappa shape index (κ2) is 6.15. The molecule has 2 rings (SSSR count). The third-order valence-electron chi connectivity index (χ3n) is 2.95. The minimum Gasteiger partial charge on any atom is -0.319 e. The van der Waals surface area contributed by atoms with Crippen LogP contribution in [-0.4, -0.2) is 48.4 Å². The summed E-state index contributed by atoms with van der Waals surface area (Å²) < 4.78 is 25.1. The molecule has 1 saturated heterocycles. The summed E-state index contributed by atoms with van der Waals surface area (Å²) in [7, 11) is -3.24. The van der Waals surface area contributed by atoms with E-state index in [-0.39, 0.29) is 11.7 Å². The molecule has 4 nitrogen and oxygen atoms in total. The molecule has 8 heteroatoms. The van der Waals surface area contributed by atoms with Crippen LogP contribution in [0.15, 0.2) is 15.9 Å². The molecule has 0 spiro atoms. The van der Waals surface area contributed by atoms with Crippen LogP contribution in [0.3, 0.4) is 0 Å². The number of carbonyl (C=O) groups excluding carboxylic acids is 1. The fourth-order valence-electron chi connectivity index (χ4n) is 1.87. The van der Waals surface area contributed by atoms with E-state index in [4.69, 9.17) is 0 Å². The predicted octanol–water partition coefficient (Wildman–Crippen LogP) is 2.46. The molecule has 0 bridgehead atoms. The lowest BCUT2D eigenvalue weighted by Crippen LogP contribution is -2.50. The molecule has 0 aliphatic carbocycles. The number of carbonyl (C=O) groups is 1. The number of rotatable bonds is 3. The highest BCUT2D eigenvalue weighted by molar-refractivity contribution is 9.11. The first kappa shape index (κ1) is 15.3. The average molecular weight is 384 g/mol. The van der Waals surface area contributed by atoms with Gasteiger partial charge in [0.25, 0.3) is 5.91 Å². The van der Waals surface area contributed by atoms with Crippen LogP contribution in [0.25, 0.3) is 0 Å². The van der Waals surface area contributed by atoms with Crippen molar-refractivity contribution in [2.75, 3.05) is 23.8 Å². The Morgan fingerprint density at radius 3 is 2.84 bits per heavy atom. The van der Waals surface area contributed by atoms with Crippen LogP contribution in [-0.2, 0) is 9.84 Å². The third-order valence-corrected chi connectivity index (χ3v) is 7.85. The zero-order valence-corrected chi connectivity index (χ0v) is 14.4. The summed E-state index contributed by atoms with van der Waals surface area (Å²) >= 11 is 6.24. The standard InChI is InChI=1S/C11H14BrNO3S3/c1-2-19(15,16)10-7-17-6-5-13(10)11(14)8-3-4-9(12)18-8/h3-4,10H,2,5-7H2,1H3. The van der Waals surface area contributed by atoms with Crippen LogP contribution in [0.5, 0.6) is 0 Å². The lowest BCUT2D eigenvalue weighted by Gasteiger charge is -2.34. The summed E-state index contributed by atoms with van der Waals surface area (Å²) in [5, 5.41) is -0.690. The van der Waals surface area contributed by atoms with E-state index in [9.17, 15) is 13.2 Å². The number of halogens is 1. The van der Waals surface area contributed by atoms with Gasteiger partial charge in [0.05, 0.1) is 8.66 Å². The number of amides is 1. The first-order chi connectivity index (χ1) is 8.95. The van der Waals surface area contributed by atoms with Crippen LogP contribution >= 0.6 is 39.0 Å². The van der Waals surface area contributed by atoms with E-state index >= 15 is 0 Å². The summed E-state index contributed by atoms with van der Waals surface area (Å²) in [6.45, 7) is 2.11. The summed E-state index contributed by atoms with van der Waals surface area (Å²) in [4.78, 5) is 14.5. The highest BCUT2D eigenvalue weighted by Crippen LogP contribution is 2.27. The molecule has 1 unspecified atom stereocenters.